The number of ether oxygens (including phenoxy) is 1. The SMILES string of the molecule is COC(C)(C(=O)N(C)CC(C)C(=O)O)c1ccccc1. The Bertz CT molecular complexity index is 474. The molecule has 0 aliphatic carbocycles. The summed E-state index contributed by atoms with van der Waals surface area (Å²) in [5.74, 6) is -1.82. The van der Waals surface area contributed by atoms with Crippen molar-refractivity contribution in [1.29, 1.82) is 0 Å². The molecule has 20 heavy (non-hydrogen) atoms. The summed E-state index contributed by atoms with van der Waals surface area (Å²) in [6, 6.07) is 9.16. The molecule has 1 rings (SSSR count). The van der Waals surface area contributed by atoms with Crippen molar-refractivity contribution in [3.63, 3.8) is 0 Å². The fraction of sp³-hybridized carbons (Fsp3) is 0.467. The average molecular weight is 279 g/mol. The zero-order chi connectivity index (χ0) is 15.3. The van der Waals surface area contributed by atoms with Crippen LogP contribution in [0.15, 0.2) is 30.3 Å². The second kappa shape index (κ2) is 6.52. The lowest BCUT2D eigenvalue weighted by Crippen LogP contribution is -2.46. The van der Waals surface area contributed by atoms with Crippen molar-refractivity contribution in [3.8, 4) is 0 Å². The molecule has 110 valence electrons. The minimum absolute atomic E-state index is 0.139. The molecule has 0 aliphatic rings. The zero-order valence-electron chi connectivity index (χ0n) is 12.3. The molecule has 0 saturated heterocycles. The van der Waals surface area contributed by atoms with E-state index < -0.39 is 17.5 Å². The van der Waals surface area contributed by atoms with Gasteiger partial charge in [-0.3, -0.25) is 9.59 Å². The number of likely N-dealkylation sites (N-methyl/N-ethyl adjacent to an activating group) is 1. The highest BCUT2D eigenvalue weighted by molar-refractivity contribution is 5.86. The largest absolute Gasteiger partial charge is 0.481 e. The number of carboxylic acids is 1. The Morgan fingerprint density at radius 2 is 1.90 bits per heavy atom. The van der Waals surface area contributed by atoms with Gasteiger partial charge in [0.25, 0.3) is 5.91 Å². The summed E-state index contributed by atoms with van der Waals surface area (Å²) in [5, 5.41) is 8.92. The second-order valence-electron chi connectivity index (χ2n) is 5.03. The molecule has 1 N–H and O–H groups in total. The van der Waals surface area contributed by atoms with E-state index in [4.69, 9.17) is 9.84 Å². The summed E-state index contributed by atoms with van der Waals surface area (Å²) in [5.41, 5.74) is -0.379. The summed E-state index contributed by atoms with van der Waals surface area (Å²) in [6.07, 6.45) is 0. The number of rotatable bonds is 6. The maximum atomic E-state index is 12.6. The van der Waals surface area contributed by atoms with Crippen molar-refractivity contribution >= 4 is 11.9 Å². The van der Waals surface area contributed by atoms with Crippen LogP contribution in [0, 0.1) is 5.92 Å². The molecule has 0 heterocycles. The van der Waals surface area contributed by atoms with Crippen molar-refractivity contribution in [2.24, 2.45) is 5.92 Å². The van der Waals surface area contributed by atoms with E-state index in [2.05, 4.69) is 0 Å². The molecule has 2 atom stereocenters. The van der Waals surface area contributed by atoms with E-state index in [9.17, 15) is 9.59 Å². The Labute approximate surface area is 119 Å². The van der Waals surface area contributed by atoms with Crippen molar-refractivity contribution in [2.75, 3.05) is 20.7 Å². The number of aliphatic carboxylic acids is 1. The van der Waals surface area contributed by atoms with Crippen LogP contribution < -0.4 is 0 Å². The van der Waals surface area contributed by atoms with Gasteiger partial charge in [-0.05, 0) is 12.5 Å². The first-order valence-corrected chi connectivity index (χ1v) is 6.42. The standard InChI is InChI=1S/C15H21NO4/c1-11(13(17)18)10-16(3)14(19)15(2,20-4)12-8-6-5-7-9-12/h5-9,11H,10H2,1-4H3,(H,17,18). The third-order valence-corrected chi connectivity index (χ3v) is 3.46. The molecule has 5 nitrogen and oxygen atoms in total. The van der Waals surface area contributed by atoms with Crippen molar-refractivity contribution in [3.05, 3.63) is 35.9 Å². The Kier molecular flexibility index (Phi) is 5.27. The minimum Gasteiger partial charge on any atom is -0.481 e. The highest BCUT2D eigenvalue weighted by Crippen LogP contribution is 2.26. The first-order chi connectivity index (χ1) is 9.32. The lowest BCUT2D eigenvalue weighted by Gasteiger charge is -2.32. The van der Waals surface area contributed by atoms with Crippen molar-refractivity contribution in [1.82, 2.24) is 4.90 Å². The van der Waals surface area contributed by atoms with Crippen LogP contribution >= 0.6 is 0 Å². The maximum Gasteiger partial charge on any atom is 0.308 e. The first kappa shape index (κ1) is 16.2. The molecule has 0 aliphatic heterocycles. The van der Waals surface area contributed by atoms with Gasteiger partial charge in [-0.15, -0.1) is 0 Å². The molecule has 0 fully saturated rings. The molecule has 0 aromatic heterocycles. The van der Waals surface area contributed by atoms with E-state index in [1.807, 2.05) is 30.3 Å². The van der Waals surface area contributed by atoms with Gasteiger partial charge >= 0.3 is 5.97 Å². The van der Waals surface area contributed by atoms with Crippen LogP contribution in [-0.2, 0) is 19.9 Å². The van der Waals surface area contributed by atoms with Crippen molar-refractivity contribution in [2.45, 2.75) is 19.4 Å². The Hall–Kier alpha value is -1.88. The lowest BCUT2D eigenvalue weighted by atomic mass is 9.94. The smallest absolute Gasteiger partial charge is 0.308 e. The maximum absolute atomic E-state index is 12.6. The highest BCUT2D eigenvalue weighted by Gasteiger charge is 2.38. The van der Waals surface area contributed by atoms with Gasteiger partial charge in [-0.25, -0.2) is 0 Å². The average Bonchev–Trinajstić information content (AvgIpc) is 2.46. The van der Waals surface area contributed by atoms with E-state index in [0.29, 0.717) is 0 Å². The molecule has 1 aromatic rings. The van der Waals surface area contributed by atoms with Crippen LogP contribution in [0.25, 0.3) is 0 Å². The molecule has 2 unspecified atom stereocenters. The van der Waals surface area contributed by atoms with E-state index in [-0.39, 0.29) is 12.5 Å². The summed E-state index contributed by atoms with van der Waals surface area (Å²) in [4.78, 5) is 24.8. The zero-order valence-corrected chi connectivity index (χ0v) is 12.3. The number of nitrogens with zero attached hydrogens (tertiary/aromatic N) is 1. The quantitative estimate of drug-likeness (QED) is 0.861. The Balaban J connectivity index is 2.94. The Morgan fingerprint density at radius 3 is 2.35 bits per heavy atom. The van der Waals surface area contributed by atoms with Gasteiger partial charge in [-0.1, -0.05) is 37.3 Å². The number of hydrogen-bond acceptors (Lipinski definition) is 3. The third kappa shape index (κ3) is 3.36. The van der Waals surface area contributed by atoms with E-state index in [1.165, 1.54) is 12.0 Å². The fourth-order valence-corrected chi connectivity index (χ4v) is 2.02. The van der Waals surface area contributed by atoms with Crippen LogP contribution in [0.2, 0.25) is 0 Å². The molecule has 0 radical (unpaired) electrons. The molecule has 5 heteroatoms. The second-order valence-corrected chi connectivity index (χ2v) is 5.03. The Morgan fingerprint density at radius 1 is 1.35 bits per heavy atom. The molecular weight excluding hydrogens is 258 g/mol. The van der Waals surface area contributed by atoms with Gasteiger partial charge in [0.15, 0.2) is 5.60 Å². The molecule has 0 spiro atoms. The third-order valence-electron chi connectivity index (χ3n) is 3.46. The predicted molar refractivity (Wildman–Crippen MR) is 75.2 cm³/mol. The number of methoxy groups -OCH3 is 1. The number of carbonyl (C=O) groups is 2. The lowest BCUT2D eigenvalue weighted by molar-refractivity contribution is -0.154. The highest BCUT2D eigenvalue weighted by atomic mass is 16.5. The molecule has 1 amide bonds. The van der Waals surface area contributed by atoms with E-state index >= 15 is 0 Å². The van der Waals surface area contributed by atoms with Gasteiger partial charge in [-0.2, -0.15) is 0 Å². The summed E-state index contributed by atoms with van der Waals surface area (Å²) < 4.78 is 5.41. The van der Waals surface area contributed by atoms with Gasteiger partial charge in [0.05, 0.1) is 5.92 Å². The van der Waals surface area contributed by atoms with E-state index in [1.54, 1.807) is 20.9 Å². The number of amides is 1. The number of carbonyl (C=O) groups excluding carboxylic acids is 1. The van der Waals surface area contributed by atoms with Crippen LogP contribution in [0.1, 0.15) is 19.4 Å². The van der Waals surface area contributed by atoms with Crippen LogP contribution in [-0.4, -0.2) is 42.6 Å². The van der Waals surface area contributed by atoms with Gasteiger partial charge in [0.1, 0.15) is 0 Å². The topological polar surface area (TPSA) is 66.8 Å². The summed E-state index contributed by atoms with van der Waals surface area (Å²) in [7, 11) is 3.06. The molecule has 0 bridgehead atoms. The van der Waals surface area contributed by atoms with E-state index in [0.717, 1.165) is 5.56 Å². The monoisotopic (exact) mass is 279 g/mol. The van der Waals surface area contributed by atoms with Gasteiger partial charge in [0.2, 0.25) is 0 Å². The summed E-state index contributed by atoms with van der Waals surface area (Å²) in [6.45, 7) is 3.39. The van der Waals surface area contributed by atoms with Crippen LogP contribution in [0.3, 0.4) is 0 Å². The predicted octanol–water partition coefficient (Wildman–Crippen LogP) is 1.73. The number of carboxylic acid groups (broad SMARTS) is 1. The molecule has 0 saturated carbocycles. The molecular formula is C15H21NO4. The minimum atomic E-state index is -1.12. The van der Waals surface area contributed by atoms with Crippen LogP contribution in [0.5, 0.6) is 0 Å². The van der Waals surface area contributed by atoms with Gasteiger partial charge in [0, 0.05) is 20.7 Å². The fourth-order valence-electron chi connectivity index (χ4n) is 2.02. The number of benzene rings is 1. The normalized spacial score (nSPS) is 15.2. The molecule has 1 aromatic carbocycles. The van der Waals surface area contributed by atoms with Gasteiger partial charge < -0.3 is 14.7 Å². The number of hydrogen-bond donors (Lipinski definition) is 1. The van der Waals surface area contributed by atoms with Crippen LogP contribution in [0.4, 0.5) is 0 Å². The van der Waals surface area contributed by atoms with Crippen molar-refractivity contribution < 1.29 is 19.4 Å². The summed E-state index contributed by atoms with van der Waals surface area (Å²) >= 11 is 0. The first-order valence-electron chi connectivity index (χ1n) is 6.42.